The molecule has 190 valence electrons. The van der Waals surface area contributed by atoms with Crippen LogP contribution in [0.15, 0.2) is 48.5 Å². The molecular formula is C19H24N6O9S. The summed E-state index contributed by atoms with van der Waals surface area (Å²) in [4.78, 5) is 19.9. The predicted molar refractivity (Wildman–Crippen MR) is 120 cm³/mol. The van der Waals surface area contributed by atoms with E-state index in [4.69, 9.17) is 9.84 Å². The highest BCUT2D eigenvalue weighted by Crippen LogP contribution is 2.26. The molecule has 0 aromatic heterocycles. The first-order chi connectivity index (χ1) is 16.6. The maximum Gasteiger partial charge on any atom is 0.303 e. The quantitative estimate of drug-likeness (QED) is 0.176. The van der Waals surface area contributed by atoms with Crippen LogP contribution in [-0.2, 0) is 14.8 Å². The second kappa shape index (κ2) is 11.2. The maximum atomic E-state index is 12.8. The third kappa shape index (κ3) is 5.99. The molecule has 0 unspecified atom stereocenters. The summed E-state index contributed by atoms with van der Waals surface area (Å²) < 4.78 is 33.4. The van der Waals surface area contributed by atoms with Gasteiger partial charge in [0.05, 0.1) is 29.8 Å². The van der Waals surface area contributed by atoms with E-state index in [2.05, 4.69) is 30.1 Å². The molecule has 0 saturated heterocycles. The van der Waals surface area contributed by atoms with Crippen molar-refractivity contribution >= 4 is 33.3 Å². The molecule has 0 bridgehead atoms. The van der Waals surface area contributed by atoms with Crippen molar-refractivity contribution in [1.29, 1.82) is 0 Å². The van der Waals surface area contributed by atoms with E-state index in [-0.39, 0.29) is 40.2 Å². The molecule has 3 rings (SSSR count). The molecule has 2 aliphatic rings. The SMILES string of the molecule is CCCOc1ccc(S(=O)(=O)NC[C@H](O)[C@@H](O)[C@H](O)[C@H](O)CO)cc1C1=NC(=O)C2=NN=NC2=N1. The lowest BCUT2D eigenvalue weighted by Crippen LogP contribution is -2.49. The van der Waals surface area contributed by atoms with E-state index in [0.717, 1.165) is 6.07 Å². The predicted octanol–water partition coefficient (Wildman–Crippen LogP) is -2.30. The number of carbonyl (C=O) groups excluding carboxylic acids is 1. The minimum Gasteiger partial charge on any atom is -0.493 e. The van der Waals surface area contributed by atoms with Crippen molar-refractivity contribution < 1.29 is 43.5 Å². The standard InChI is InChI=1S/C19H24N6O9S/c1-2-5-34-13-4-3-9(6-10(13)17-21-18-14(19(31)22-17)23-25-24-18)35(32,33)20-7-11(27)15(29)16(30)12(28)8-26/h3-4,6,11-12,15-16,20,26-30H,2,5,7-8H2,1H3/t11-,12+,15+,16+/m0/s1. The Bertz CT molecular complexity index is 1200. The second-order valence-electron chi connectivity index (χ2n) is 7.47. The number of ether oxygens (including phenoxy) is 1. The van der Waals surface area contributed by atoms with Crippen LogP contribution in [0.3, 0.4) is 0 Å². The highest BCUT2D eigenvalue weighted by Gasteiger charge is 2.32. The van der Waals surface area contributed by atoms with Crippen LogP contribution in [0.4, 0.5) is 0 Å². The Morgan fingerprint density at radius 2 is 1.77 bits per heavy atom. The molecule has 15 nitrogen and oxygen atoms in total. The summed E-state index contributed by atoms with van der Waals surface area (Å²) in [6.45, 7) is 0.539. The number of rotatable bonds is 12. The van der Waals surface area contributed by atoms with E-state index in [0.29, 0.717) is 6.42 Å². The highest BCUT2D eigenvalue weighted by atomic mass is 32.2. The number of aliphatic imine (C=N–C) groups is 2. The number of hydrogen-bond acceptors (Lipinski definition) is 13. The van der Waals surface area contributed by atoms with Gasteiger partial charge in [-0.15, -0.1) is 10.2 Å². The summed E-state index contributed by atoms with van der Waals surface area (Å²) in [5.74, 6) is -0.796. The average Bonchev–Trinajstić information content (AvgIpc) is 3.34. The Balaban J connectivity index is 1.86. The van der Waals surface area contributed by atoms with E-state index in [1.165, 1.54) is 12.1 Å². The Kier molecular flexibility index (Phi) is 8.49. The van der Waals surface area contributed by atoms with E-state index in [1.807, 2.05) is 6.92 Å². The third-order valence-electron chi connectivity index (χ3n) is 4.89. The van der Waals surface area contributed by atoms with E-state index in [1.54, 1.807) is 0 Å². The number of sulfonamides is 1. The maximum absolute atomic E-state index is 12.8. The van der Waals surface area contributed by atoms with Gasteiger partial charge in [-0.2, -0.15) is 4.99 Å². The lowest BCUT2D eigenvalue weighted by Gasteiger charge is -2.25. The van der Waals surface area contributed by atoms with E-state index < -0.39 is 53.5 Å². The molecule has 1 amide bonds. The van der Waals surface area contributed by atoms with Crippen molar-refractivity contribution in [2.75, 3.05) is 19.8 Å². The molecule has 0 fully saturated rings. The molecule has 1 aromatic carbocycles. The van der Waals surface area contributed by atoms with Gasteiger partial charge in [0, 0.05) is 6.54 Å². The van der Waals surface area contributed by atoms with Gasteiger partial charge in [0.2, 0.25) is 21.6 Å². The topological polar surface area (TPSA) is 235 Å². The number of nitrogens with one attached hydrogen (secondary N) is 1. The van der Waals surface area contributed by atoms with Crippen LogP contribution in [0.2, 0.25) is 0 Å². The summed E-state index contributed by atoms with van der Waals surface area (Å²) in [7, 11) is -4.29. The summed E-state index contributed by atoms with van der Waals surface area (Å²) in [6, 6.07) is 3.72. The fraction of sp³-hybridized carbons (Fsp3) is 0.474. The van der Waals surface area contributed by atoms with Crippen LogP contribution in [0.5, 0.6) is 5.75 Å². The third-order valence-corrected chi connectivity index (χ3v) is 6.31. The molecule has 0 radical (unpaired) electrons. The van der Waals surface area contributed by atoms with Crippen molar-refractivity contribution in [3.05, 3.63) is 23.8 Å². The number of hydrogen-bond donors (Lipinski definition) is 6. The van der Waals surface area contributed by atoms with Crippen molar-refractivity contribution in [2.45, 2.75) is 42.7 Å². The van der Waals surface area contributed by atoms with Crippen molar-refractivity contribution in [3.8, 4) is 5.75 Å². The zero-order valence-electron chi connectivity index (χ0n) is 18.4. The summed E-state index contributed by atoms with van der Waals surface area (Å²) in [5, 5.41) is 58.3. The molecule has 35 heavy (non-hydrogen) atoms. The monoisotopic (exact) mass is 512 g/mol. The smallest absolute Gasteiger partial charge is 0.303 e. The highest BCUT2D eigenvalue weighted by molar-refractivity contribution is 7.89. The lowest BCUT2D eigenvalue weighted by molar-refractivity contribution is -0.113. The Morgan fingerprint density at radius 1 is 1.06 bits per heavy atom. The van der Waals surface area contributed by atoms with Crippen molar-refractivity contribution in [3.63, 3.8) is 0 Å². The van der Waals surface area contributed by atoms with Gasteiger partial charge in [0.25, 0.3) is 0 Å². The first-order valence-electron chi connectivity index (χ1n) is 10.4. The van der Waals surface area contributed by atoms with E-state index >= 15 is 0 Å². The van der Waals surface area contributed by atoms with Crippen LogP contribution < -0.4 is 9.46 Å². The van der Waals surface area contributed by atoms with Crippen LogP contribution in [0, 0.1) is 0 Å². The lowest BCUT2D eigenvalue weighted by atomic mass is 10.0. The van der Waals surface area contributed by atoms with E-state index in [9.17, 15) is 33.6 Å². The van der Waals surface area contributed by atoms with Gasteiger partial charge in [0.1, 0.15) is 24.1 Å². The number of fused-ring (bicyclic) bond motifs is 1. The Morgan fingerprint density at radius 3 is 2.46 bits per heavy atom. The molecule has 2 aliphatic heterocycles. The van der Waals surface area contributed by atoms with Crippen LogP contribution >= 0.6 is 0 Å². The molecule has 2 heterocycles. The minimum atomic E-state index is -4.29. The van der Waals surface area contributed by atoms with Crippen molar-refractivity contribution in [2.24, 2.45) is 25.4 Å². The van der Waals surface area contributed by atoms with Crippen LogP contribution in [-0.4, -0.2) is 101 Å². The first-order valence-corrected chi connectivity index (χ1v) is 11.9. The van der Waals surface area contributed by atoms with Gasteiger partial charge in [-0.3, -0.25) is 4.79 Å². The molecule has 6 N–H and O–H groups in total. The fourth-order valence-electron chi connectivity index (χ4n) is 2.96. The van der Waals surface area contributed by atoms with Crippen LogP contribution in [0.25, 0.3) is 0 Å². The molecule has 0 aliphatic carbocycles. The second-order valence-corrected chi connectivity index (χ2v) is 9.24. The summed E-state index contributed by atoms with van der Waals surface area (Å²) >= 11 is 0. The molecule has 4 atom stereocenters. The minimum absolute atomic E-state index is 0.0744. The number of amidine groups is 2. The summed E-state index contributed by atoms with van der Waals surface area (Å²) in [5.41, 5.74) is -0.0679. The van der Waals surface area contributed by atoms with Gasteiger partial charge in [-0.05, 0) is 29.8 Å². The molecule has 0 spiro atoms. The van der Waals surface area contributed by atoms with Crippen LogP contribution in [0.1, 0.15) is 18.9 Å². The van der Waals surface area contributed by atoms with Crippen molar-refractivity contribution in [1.82, 2.24) is 4.72 Å². The number of amides is 1. The number of aliphatic hydroxyl groups is 5. The number of aliphatic hydroxyl groups excluding tert-OH is 5. The normalized spacial score (nSPS) is 18.8. The van der Waals surface area contributed by atoms with Gasteiger partial charge >= 0.3 is 5.91 Å². The van der Waals surface area contributed by atoms with Gasteiger partial charge in [-0.25, -0.2) is 18.1 Å². The van der Waals surface area contributed by atoms with Gasteiger partial charge < -0.3 is 30.3 Å². The largest absolute Gasteiger partial charge is 0.493 e. The Labute approximate surface area is 199 Å². The summed E-state index contributed by atoms with van der Waals surface area (Å²) in [6.07, 6.45) is -6.77. The van der Waals surface area contributed by atoms with Gasteiger partial charge in [-0.1, -0.05) is 6.92 Å². The molecule has 16 heteroatoms. The van der Waals surface area contributed by atoms with Gasteiger partial charge in [0.15, 0.2) is 5.84 Å². The zero-order valence-corrected chi connectivity index (χ0v) is 19.2. The molecule has 0 saturated carbocycles. The number of benzene rings is 1. The molecule has 1 aromatic rings. The number of carbonyl (C=O) groups is 1. The fourth-order valence-corrected chi connectivity index (χ4v) is 4.04. The molecular weight excluding hydrogens is 488 g/mol. The Hall–Kier alpha value is -2.99. The average molecular weight is 513 g/mol. The first kappa shape index (κ1) is 26.6. The zero-order chi connectivity index (χ0) is 25.8. The number of nitrogens with zero attached hydrogens (tertiary/aromatic N) is 5.